The average molecular weight is 273 g/mol. The smallest absolute Gasteiger partial charge is 0.253 e. The van der Waals surface area contributed by atoms with Crippen LogP contribution in [0.15, 0.2) is 22.9 Å². The van der Waals surface area contributed by atoms with Crippen molar-refractivity contribution in [2.45, 2.75) is 26.0 Å². The minimum Gasteiger partial charge on any atom is -0.391 e. The molecule has 1 aromatic heterocycles. The quantitative estimate of drug-likeness (QED) is 0.817. The van der Waals surface area contributed by atoms with Crippen LogP contribution in [0, 0.1) is 0 Å². The zero-order valence-corrected chi connectivity index (χ0v) is 10.2. The van der Waals surface area contributed by atoms with Gasteiger partial charge in [-0.1, -0.05) is 0 Å². The van der Waals surface area contributed by atoms with Gasteiger partial charge in [-0.25, -0.2) is 4.98 Å². The molecule has 5 heteroatoms. The van der Waals surface area contributed by atoms with Crippen LogP contribution in [0.2, 0.25) is 0 Å². The van der Waals surface area contributed by atoms with Gasteiger partial charge in [-0.15, -0.1) is 0 Å². The Morgan fingerprint density at radius 3 is 2.67 bits per heavy atom. The number of carbonyl (C=O) groups is 1. The number of pyridine rings is 1. The number of hydrogen-bond donors (Lipinski definition) is 2. The molecule has 0 fully saturated rings. The number of hydrogen-bond acceptors (Lipinski definition) is 3. The lowest BCUT2D eigenvalue weighted by atomic mass is 10.2. The number of amides is 1. The van der Waals surface area contributed by atoms with Crippen molar-refractivity contribution in [1.29, 1.82) is 0 Å². The van der Waals surface area contributed by atoms with Crippen LogP contribution in [0.25, 0.3) is 0 Å². The van der Waals surface area contributed by atoms with Gasteiger partial charge in [0.25, 0.3) is 5.91 Å². The Bertz CT molecular complexity index is 338. The molecule has 1 rings (SSSR count). The molecular weight excluding hydrogens is 260 g/mol. The Balaban J connectivity index is 2.65. The first-order valence-corrected chi connectivity index (χ1v) is 5.40. The van der Waals surface area contributed by atoms with Gasteiger partial charge in [0.05, 0.1) is 17.7 Å². The van der Waals surface area contributed by atoms with E-state index in [1.54, 1.807) is 26.0 Å². The minimum atomic E-state index is -0.572. The molecule has 0 spiro atoms. The molecule has 2 unspecified atom stereocenters. The number of carbonyl (C=O) groups excluding carboxylic acids is 1. The van der Waals surface area contributed by atoms with Crippen molar-refractivity contribution >= 4 is 21.8 Å². The minimum absolute atomic E-state index is 0.233. The normalized spacial score (nSPS) is 14.4. The van der Waals surface area contributed by atoms with E-state index in [-0.39, 0.29) is 11.9 Å². The molecule has 1 heterocycles. The summed E-state index contributed by atoms with van der Waals surface area (Å²) < 4.78 is 0.683. The van der Waals surface area contributed by atoms with E-state index in [4.69, 9.17) is 0 Å². The number of nitrogens with zero attached hydrogens (tertiary/aromatic N) is 1. The predicted molar refractivity (Wildman–Crippen MR) is 60.5 cm³/mol. The first kappa shape index (κ1) is 12.1. The fraction of sp³-hybridized carbons (Fsp3) is 0.400. The fourth-order valence-electron chi connectivity index (χ4n) is 0.921. The Kier molecular flexibility index (Phi) is 4.23. The lowest BCUT2D eigenvalue weighted by Gasteiger charge is -2.16. The molecule has 0 aliphatic carbocycles. The van der Waals surface area contributed by atoms with Gasteiger partial charge >= 0.3 is 0 Å². The molecule has 4 nitrogen and oxygen atoms in total. The molecular formula is C10H13BrN2O2. The van der Waals surface area contributed by atoms with Crippen molar-refractivity contribution in [2.75, 3.05) is 0 Å². The molecule has 0 radical (unpaired) electrons. The van der Waals surface area contributed by atoms with Crippen molar-refractivity contribution in [3.8, 4) is 0 Å². The summed E-state index contributed by atoms with van der Waals surface area (Å²) in [6, 6.07) is 3.09. The molecule has 0 aromatic carbocycles. The topological polar surface area (TPSA) is 62.2 Å². The molecule has 2 N–H and O–H groups in total. The first-order chi connectivity index (χ1) is 7.00. The highest BCUT2D eigenvalue weighted by Gasteiger charge is 2.13. The summed E-state index contributed by atoms with van der Waals surface area (Å²) in [5, 5.41) is 11.9. The Labute approximate surface area is 96.8 Å². The number of aliphatic hydroxyl groups is 1. The highest BCUT2D eigenvalue weighted by Crippen LogP contribution is 2.06. The van der Waals surface area contributed by atoms with Crippen LogP contribution in [-0.2, 0) is 0 Å². The van der Waals surface area contributed by atoms with E-state index in [0.29, 0.717) is 10.2 Å². The van der Waals surface area contributed by atoms with Crippen LogP contribution >= 0.6 is 15.9 Å². The zero-order chi connectivity index (χ0) is 11.4. The number of aromatic nitrogens is 1. The SMILES string of the molecule is CC(O)C(C)NC(=O)c1ccc(Br)nc1. The monoisotopic (exact) mass is 272 g/mol. The summed E-state index contributed by atoms with van der Waals surface area (Å²) in [7, 11) is 0. The van der Waals surface area contributed by atoms with Crippen molar-refractivity contribution in [3.63, 3.8) is 0 Å². The van der Waals surface area contributed by atoms with Gasteiger partial charge in [0, 0.05) is 6.20 Å². The predicted octanol–water partition coefficient (Wildman–Crippen LogP) is 1.34. The number of nitrogens with one attached hydrogen (secondary N) is 1. The van der Waals surface area contributed by atoms with Crippen molar-refractivity contribution in [2.24, 2.45) is 0 Å². The van der Waals surface area contributed by atoms with Gasteiger partial charge in [0.15, 0.2) is 0 Å². The molecule has 2 atom stereocenters. The van der Waals surface area contributed by atoms with Gasteiger partial charge in [-0.3, -0.25) is 4.79 Å². The van der Waals surface area contributed by atoms with Crippen LogP contribution in [0.3, 0.4) is 0 Å². The summed E-state index contributed by atoms with van der Waals surface area (Å²) in [6.07, 6.45) is 0.908. The van der Waals surface area contributed by atoms with E-state index in [1.807, 2.05) is 0 Å². The van der Waals surface area contributed by atoms with Crippen molar-refractivity contribution in [3.05, 3.63) is 28.5 Å². The summed E-state index contributed by atoms with van der Waals surface area (Å²) in [5.74, 6) is -0.233. The molecule has 1 aromatic rings. The molecule has 82 valence electrons. The maximum Gasteiger partial charge on any atom is 0.253 e. The van der Waals surface area contributed by atoms with Crippen LogP contribution in [-0.4, -0.2) is 28.1 Å². The number of halogens is 1. The second kappa shape index (κ2) is 5.23. The van der Waals surface area contributed by atoms with E-state index >= 15 is 0 Å². The highest BCUT2D eigenvalue weighted by molar-refractivity contribution is 9.10. The van der Waals surface area contributed by atoms with Gasteiger partial charge < -0.3 is 10.4 Å². The van der Waals surface area contributed by atoms with E-state index in [2.05, 4.69) is 26.2 Å². The van der Waals surface area contributed by atoms with Crippen LogP contribution in [0.5, 0.6) is 0 Å². The largest absolute Gasteiger partial charge is 0.391 e. The van der Waals surface area contributed by atoms with Gasteiger partial charge in [-0.2, -0.15) is 0 Å². The fourth-order valence-corrected chi connectivity index (χ4v) is 1.16. The summed E-state index contributed by atoms with van der Waals surface area (Å²) >= 11 is 3.19. The summed E-state index contributed by atoms with van der Waals surface area (Å²) in [4.78, 5) is 15.5. The molecule has 0 aliphatic heterocycles. The summed E-state index contributed by atoms with van der Waals surface area (Å²) in [5.41, 5.74) is 0.478. The maximum atomic E-state index is 11.6. The second-order valence-corrected chi connectivity index (χ2v) is 4.18. The Hall–Kier alpha value is -0.940. The molecule has 0 saturated carbocycles. The molecule has 0 aliphatic rings. The highest BCUT2D eigenvalue weighted by atomic mass is 79.9. The molecule has 0 bridgehead atoms. The van der Waals surface area contributed by atoms with E-state index in [1.165, 1.54) is 6.20 Å². The third kappa shape index (κ3) is 3.60. The molecule has 1 amide bonds. The third-order valence-corrected chi connectivity index (χ3v) is 2.54. The third-order valence-electron chi connectivity index (χ3n) is 2.07. The second-order valence-electron chi connectivity index (χ2n) is 3.37. The lowest BCUT2D eigenvalue weighted by Crippen LogP contribution is -2.39. The Morgan fingerprint density at radius 1 is 1.53 bits per heavy atom. The lowest BCUT2D eigenvalue weighted by molar-refractivity contribution is 0.0873. The molecule has 0 saturated heterocycles. The Morgan fingerprint density at radius 2 is 2.20 bits per heavy atom. The van der Waals surface area contributed by atoms with E-state index in [0.717, 1.165) is 0 Å². The average Bonchev–Trinajstić information content (AvgIpc) is 2.18. The van der Waals surface area contributed by atoms with Crippen LogP contribution in [0.4, 0.5) is 0 Å². The number of rotatable bonds is 3. The standard InChI is InChI=1S/C10H13BrN2O2/c1-6(7(2)14)13-10(15)8-3-4-9(11)12-5-8/h3-7,14H,1-2H3,(H,13,15). The van der Waals surface area contributed by atoms with E-state index in [9.17, 15) is 9.90 Å². The van der Waals surface area contributed by atoms with E-state index < -0.39 is 6.10 Å². The van der Waals surface area contributed by atoms with Gasteiger partial charge in [-0.05, 0) is 41.9 Å². The summed E-state index contributed by atoms with van der Waals surface area (Å²) in [6.45, 7) is 3.37. The van der Waals surface area contributed by atoms with Crippen molar-refractivity contribution < 1.29 is 9.90 Å². The first-order valence-electron chi connectivity index (χ1n) is 4.61. The van der Waals surface area contributed by atoms with Crippen molar-refractivity contribution in [1.82, 2.24) is 10.3 Å². The maximum absolute atomic E-state index is 11.6. The van der Waals surface area contributed by atoms with Gasteiger partial charge in [0.2, 0.25) is 0 Å². The zero-order valence-electron chi connectivity index (χ0n) is 8.57. The number of aliphatic hydroxyl groups excluding tert-OH is 1. The van der Waals surface area contributed by atoms with Crippen LogP contribution < -0.4 is 5.32 Å². The van der Waals surface area contributed by atoms with Crippen LogP contribution in [0.1, 0.15) is 24.2 Å². The van der Waals surface area contributed by atoms with Gasteiger partial charge in [0.1, 0.15) is 4.60 Å². The molecule has 15 heavy (non-hydrogen) atoms.